The standard InChI is InChI=1S/C14H14ClFN2O2S/c15-11-3-1-10(2-4-11)7-8-18-14-6-5-12(9-13(14)16)21(17,19)20/h1-6,9,18H,7-8H2,(H2,17,19,20). The lowest BCUT2D eigenvalue weighted by molar-refractivity contribution is 0.593. The van der Waals surface area contributed by atoms with Gasteiger partial charge in [0, 0.05) is 11.6 Å². The average Bonchev–Trinajstić information content (AvgIpc) is 2.41. The van der Waals surface area contributed by atoms with Gasteiger partial charge in [-0.2, -0.15) is 0 Å². The molecule has 3 N–H and O–H groups in total. The monoisotopic (exact) mass is 328 g/mol. The van der Waals surface area contributed by atoms with Gasteiger partial charge in [-0.05, 0) is 42.3 Å². The zero-order chi connectivity index (χ0) is 15.5. The van der Waals surface area contributed by atoms with E-state index in [0.717, 1.165) is 11.6 Å². The summed E-state index contributed by atoms with van der Waals surface area (Å²) in [7, 11) is -3.89. The van der Waals surface area contributed by atoms with Crippen LogP contribution in [0, 0.1) is 5.82 Å². The van der Waals surface area contributed by atoms with Crippen molar-refractivity contribution >= 4 is 27.3 Å². The van der Waals surface area contributed by atoms with Gasteiger partial charge < -0.3 is 5.32 Å². The Hall–Kier alpha value is -1.63. The van der Waals surface area contributed by atoms with E-state index in [1.165, 1.54) is 12.1 Å². The largest absolute Gasteiger partial charge is 0.382 e. The molecule has 0 radical (unpaired) electrons. The quantitative estimate of drug-likeness (QED) is 0.886. The number of anilines is 1. The Morgan fingerprint density at radius 1 is 1.14 bits per heavy atom. The summed E-state index contributed by atoms with van der Waals surface area (Å²) in [6, 6.07) is 10.9. The summed E-state index contributed by atoms with van der Waals surface area (Å²) in [6.45, 7) is 0.507. The molecule has 112 valence electrons. The molecule has 0 aliphatic carbocycles. The van der Waals surface area contributed by atoms with Crippen LogP contribution in [-0.4, -0.2) is 15.0 Å². The number of nitrogens with two attached hydrogens (primary N) is 1. The van der Waals surface area contributed by atoms with Gasteiger partial charge in [0.25, 0.3) is 0 Å². The van der Waals surface area contributed by atoms with Gasteiger partial charge in [0.15, 0.2) is 0 Å². The van der Waals surface area contributed by atoms with Crippen LogP contribution in [0.4, 0.5) is 10.1 Å². The molecule has 0 bridgehead atoms. The minimum atomic E-state index is -3.89. The predicted molar refractivity (Wildman–Crippen MR) is 81.4 cm³/mol. The Labute approximate surface area is 127 Å². The Morgan fingerprint density at radius 2 is 1.81 bits per heavy atom. The summed E-state index contributed by atoms with van der Waals surface area (Å²) < 4.78 is 36.0. The number of primary sulfonamides is 1. The van der Waals surface area contributed by atoms with Crippen LogP contribution >= 0.6 is 11.6 Å². The number of benzene rings is 2. The van der Waals surface area contributed by atoms with Crippen molar-refractivity contribution in [2.24, 2.45) is 5.14 Å². The molecule has 0 aromatic heterocycles. The topological polar surface area (TPSA) is 72.2 Å². The van der Waals surface area contributed by atoms with Gasteiger partial charge >= 0.3 is 0 Å². The molecule has 2 aromatic rings. The van der Waals surface area contributed by atoms with Gasteiger partial charge in [0.1, 0.15) is 5.82 Å². The molecule has 0 atom stereocenters. The van der Waals surface area contributed by atoms with Crippen LogP contribution in [0.3, 0.4) is 0 Å². The maximum Gasteiger partial charge on any atom is 0.238 e. The summed E-state index contributed by atoms with van der Waals surface area (Å²) in [5.41, 5.74) is 1.30. The van der Waals surface area contributed by atoms with Crippen molar-refractivity contribution in [3.63, 3.8) is 0 Å². The Morgan fingerprint density at radius 3 is 2.38 bits per heavy atom. The third-order valence-electron chi connectivity index (χ3n) is 2.91. The highest BCUT2D eigenvalue weighted by Gasteiger charge is 2.11. The summed E-state index contributed by atoms with van der Waals surface area (Å²) >= 11 is 5.79. The van der Waals surface area contributed by atoms with E-state index in [-0.39, 0.29) is 10.6 Å². The molecule has 0 aliphatic rings. The summed E-state index contributed by atoms with van der Waals surface area (Å²) in [5, 5.41) is 8.51. The van der Waals surface area contributed by atoms with Crippen molar-refractivity contribution in [2.45, 2.75) is 11.3 Å². The molecular formula is C14H14ClFN2O2S. The van der Waals surface area contributed by atoms with Crippen molar-refractivity contribution < 1.29 is 12.8 Å². The van der Waals surface area contributed by atoms with Crippen LogP contribution in [0.25, 0.3) is 0 Å². The first kappa shape index (κ1) is 15.8. The van der Waals surface area contributed by atoms with Gasteiger partial charge in [-0.25, -0.2) is 17.9 Å². The highest BCUT2D eigenvalue weighted by atomic mass is 35.5. The number of halogens is 2. The summed E-state index contributed by atoms with van der Waals surface area (Å²) in [4.78, 5) is -0.247. The number of hydrogen-bond acceptors (Lipinski definition) is 3. The van der Waals surface area contributed by atoms with Crippen molar-refractivity contribution in [3.8, 4) is 0 Å². The first-order valence-electron chi connectivity index (χ1n) is 6.17. The molecule has 2 aromatic carbocycles. The molecule has 0 heterocycles. The van der Waals surface area contributed by atoms with Crippen molar-refractivity contribution in [3.05, 3.63) is 58.9 Å². The van der Waals surface area contributed by atoms with E-state index >= 15 is 0 Å². The van der Waals surface area contributed by atoms with Gasteiger partial charge in [0.2, 0.25) is 10.0 Å². The molecule has 0 unspecified atom stereocenters. The number of nitrogens with one attached hydrogen (secondary N) is 1. The lowest BCUT2D eigenvalue weighted by Crippen LogP contribution is -2.13. The summed E-state index contributed by atoms with van der Waals surface area (Å²) in [6.07, 6.45) is 0.688. The molecule has 0 aliphatic heterocycles. The highest BCUT2D eigenvalue weighted by Crippen LogP contribution is 2.18. The molecular weight excluding hydrogens is 315 g/mol. The van der Waals surface area contributed by atoms with Crippen LogP contribution < -0.4 is 10.5 Å². The lowest BCUT2D eigenvalue weighted by Gasteiger charge is -2.09. The van der Waals surface area contributed by atoms with Crippen molar-refractivity contribution in [1.29, 1.82) is 0 Å². The molecule has 2 rings (SSSR count). The Balaban J connectivity index is 1.99. The van der Waals surface area contributed by atoms with Gasteiger partial charge in [-0.1, -0.05) is 23.7 Å². The van der Waals surface area contributed by atoms with E-state index in [1.54, 1.807) is 12.1 Å². The zero-order valence-electron chi connectivity index (χ0n) is 11.0. The number of sulfonamides is 1. The van der Waals surface area contributed by atoms with E-state index in [9.17, 15) is 12.8 Å². The molecule has 0 saturated heterocycles. The third-order valence-corrected chi connectivity index (χ3v) is 4.07. The first-order valence-corrected chi connectivity index (χ1v) is 8.09. The minimum absolute atomic E-state index is 0.233. The number of hydrogen-bond donors (Lipinski definition) is 2. The zero-order valence-corrected chi connectivity index (χ0v) is 12.6. The summed E-state index contributed by atoms with van der Waals surface area (Å²) in [5.74, 6) is -0.655. The maximum absolute atomic E-state index is 13.8. The van der Waals surface area contributed by atoms with E-state index < -0.39 is 15.8 Å². The second kappa shape index (κ2) is 6.43. The fourth-order valence-corrected chi connectivity index (χ4v) is 2.46. The van der Waals surface area contributed by atoms with Crippen LogP contribution in [0.2, 0.25) is 5.02 Å². The highest BCUT2D eigenvalue weighted by molar-refractivity contribution is 7.89. The maximum atomic E-state index is 13.8. The number of rotatable bonds is 5. The van der Waals surface area contributed by atoms with Crippen molar-refractivity contribution in [1.82, 2.24) is 0 Å². The van der Waals surface area contributed by atoms with Gasteiger partial charge in [-0.15, -0.1) is 0 Å². The molecule has 0 spiro atoms. The second-order valence-electron chi connectivity index (χ2n) is 4.49. The fourth-order valence-electron chi connectivity index (χ4n) is 1.81. The SMILES string of the molecule is NS(=O)(=O)c1ccc(NCCc2ccc(Cl)cc2)c(F)c1. The van der Waals surface area contributed by atoms with Crippen LogP contribution in [0.15, 0.2) is 47.4 Å². The molecule has 0 saturated carbocycles. The predicted octanol–water partition coefficient (Wildman–Crippen LogP) is 2.78. The Bertz CT molecular complexity index is 733. The third kappa shape index (κ3) is 4.42. The van der Waals surface area contributed by atoms with E-state index in [1.807, 2.05) is 12.1 Å². The van der Waals surface area contributed by atoms with Gasteiger partial charge in [0.05, 0.1) is 10.6 Å². The molecule has 21 heavy (non-hydrogen) atoms. The molecule has 0 fully saturated rings. The lowest BCUT2D eigenvalue weighted by atomic mass is 10.1. The molecule has 0 amide bonds. The van der Waals surface area contributed by atoms with E-state index in [0.29, 0.717) is 18.0 Å². The van der Waals surface area contributed by atoms with Crippen LogP contribution in [0.5, 0.6) is 0 Å². The second-order valence-corrected chi connectivity index (χ2v) is 6.49. The minimum Gasteiger partial charge on any atom is -0.382 e. The average molecular weight is 329 g/mol. The van der Waals surface area contributed by atoms with Crippen LogP contribution in [-0.2, 0) is 16.4 Å². The van der Waals surface area contributed by atoms with Crippen LogP contribution in [0.1, 0.15) is 5.56 Å². The Kier molecular flexibility index (Phi) is 4.82. The molecule has 7 heteroatoms. The van der Waals surface area contributed by atoms with E-state index in [4.69, 9.17) is 16.7 Å². The normalized spacial score (nSPS) is 11.4. The smallest absolute Gasteiger partial charge is 0.238 e. The van der Waals surface area contributed by atoms with E-state index in [2.05, 4.69) is 5.32 Å². The first-order chi connectivity index (χ1) is 9.86. The van der Waals surface area contributed by atoms with Gasteiger partial charge in [-0.3, -0.25) is 0 Å². The van der Waals surface area contributed by atoms with Crippen molar-refractivity contribution in [2.75, 3.05) is 11.9 Å². The molecule has 4 nitrogen and oxygen atoms in total. The fraction of sp³-hybridized carbons (Fsp3) is 0.143.